The van der Waals surface area contributed by atoms with E-state index in [1.54, 1.807) is 0 Å². The molecule has 2 heteroatoms. The lowest BCUT2D eigenvalue weighted by Crippen LogP contribution is -2.05. The van der Waals surface area contributed by atoms with Crippen LogP contribution >= 0.6 is 0 Å². The second kappa shape index (κ2) is 10.0. The molecule has 0 bridgehead atoms. The van der Waals surface area contributed by atoms with Crippen molar-refractivity contribution in [2.24, 2.45) is 5.10 Å². The Morgan fingerprint density at radius 2 is 2.14 bits per heavy atom. The summed E-state index contributed by atoms with van der Waals surface area (Å²) in [6.07, 6.45) is 11.7. The quantitative estimate of drug-likeness (QED) is 0.273. The molecule has 14 heavy (non-hydrogen) atoms. The Balaban J connectivity index is 3.77. The molecule has 0 aliphatic carbocycles. The lowest BCUT2D eigenvalue weighted by molar-refractivity contribution is 0.827. The average molecular weight is 194 g/mol. The largest absolute Gasteiger partial charge is 0.313 e. The first-order valence-corrected chi connectivity index (χ1v) is 5.29. The summed E-state index contributed by atoms with van der Waals surface area (Å²) < 4.78 is 0. The van der Waals surface area contributed by atoms with Crippen LogP contribution in [0.4, 0.5) is 0 Å². The van der Waals surface area contributed by atoms with Gasteiger partial charge in [0, 0.05) is 12.8 Å². The molecule has 0 radical (unpaired) electrons. The molecule has 0 unspecified atom stereocenters. The van der Waals surface area contributed by atoms with Crippen molar-refractivity contribution in [1.29, 1.82) is 0 Å². The van der Waals surface area contributed by atoms with Crippen molar-refractivity contribution in [1.82, 2.24) is 5.43 Å². The van der Waals surface area contributed by atoms with E-state index in [1.807, 2.05) is 20.0 Å². The number of hydrazone groups is 1. The number of nitrogens with zero attached hydrogens (tertiary/aromatic N) is 1. The zero-order chi connectivity index (χ0) is 10.6. The molecule has 0 spiro atoms. The lowest BCUT2D eigenvalue weighted by atomic mass is 10.1. The molecule has 0 rings (SSSR count). The van der Waals surface area contributed by atoms with E-state index >= 15 is 0 Å². The fourth-order valence-corrected chi connectivity index (χ4v) is 1.26. The first-order chi connectivity index (χ1) is 6.85. The molecule has 2 nitrogen and oxygen atoms in total. The van der Waals surface area contributed by atoms with Crippen LogP contribution < -0.4 is 5.43 Å². The standard InChI is InChI=1S/C12H22N2/c1-4-6-8-10-12(14-13-3)11-9-7-5-2/h4-5,7,13H,1,6,8-11H2,2-3H3/b7-5+,14-12+. The molecule has 80 valence electrons. The van der Waals surface area contributed by atoms with E-state index in [0.717, 1.165) is 32.1 Å². The normalized spacial score (nSPS) is 12.0. The summed E-state index contributed by atoms with van der Waals surface area (Å²) in [7, 11) is 1.85. The number of rotatable bonds is 8. The maximum absolute atomic E-state index is 4.27. The lowest BCUT2D eigenvalue weighted by Gasteiger charge is -2.03. The predicted octanol–water partition coefficient (Wildman–Crippen LogP) is 3.27. The van der Waals surface area contributed by atoms with Gasteiger partial charge in [-0.25, -0.2) is 0 Å². The van der Waals surface area contributed by atoms with E-state index in [4.69, 9.17) is 0 Å². The summed E-state index contributed by atoms with van der Waals surface area (Å²) in [5.41, 5.74) is 4.12. The van der Waals surface area contributed by atoms with Crippen molar-refractivity contribution < 1.29 is 0 Å². The van der Waals surface area contributed by atoms with Gasteiger partial charge in [0.1, 0.15) is 0 Å². The Labute approximate surface area is 87.8 Å². The predicted molar refractivity (Wildman–Crippen MR) is 64.6 cm³/mol. The van der Waals surface area contributed by atoms with Gasteiger partial charge in [-0.1, -0.05) is 18.2 Å². The monoisotopic (exact) mass is 194 g/mol. The van der Waals surface area contributed by atoms with Gasteiger partial charge in [0.15, 0.2) is 0 Å². The van der Waals surface area contributed by atoms with E-state index in [2.05, 4.69) is 29.3 Å². The molecule has 1 N–H and O–H groups in total. The SMILES string of the molecule is C=CCCC/C(CC/C=C/C)=N\NC. The maximum Gasteiger partial charge on any atom is 0.0381 e. The zero-order valence-electron chi connectivity index (χ0n) is 9.42. The van der Waals surface area contributed by atoms with Crippen molar-refractivity contribution in [3.63, 3.8) is 0 Å². The van der Waals surface area contributed by atoms with Crippen LogP contribution in [0, 0.1) is 0 Å². The van der Waals surface area contributed by atoms with Gasteiger partial charge in [0.2, 0.25) is 0 Å². The minimum absolute atomic E-state index is 1.06. The summed E-state index contributed by atoms with van der Waals surface area (Å²) in [5, 5.41) is 4.27. The molecule has 0 saturated heterocycles. The van der Waals surface area contributed by atoms with Crippen LogP contribution in [0.3, 0.4) is 0 Å². The van der Waals surface area contributed by atoms with Crippen molar-refractivity contribution >= 4 is 5.71 Å². The highest BCUT2D eigenvalue weighted by molar-refractivity contribution is 5.84. The zero-order valence-corrected chi connectivity index (χ0v) is 9.42. The van der Waals surface area contributed by atoms with Crippen LogP contribution in [0.25, 0.3) is 0 Å². The second-order valence-corrected chi connectivity index (χ2v) is 3.19. The minimum atomic E-state index is 1.06. The third kappa shape index (κ3) is 7.59. The van der Waals surface area contributed by atoms with Gasteiger partial charge in [0.05, 0.1) is 0 Å². The molecule has 0 aromatic rings. The maximum atomic E-state index is 4.27. The topological polar surface area (TPSA) is 24.4 Å². The molecule has 0 atom stereocenters. The number of nitrogens with one attached hydrogen (secondary N) is 1. The van der Waals surface area contributed by atoms with E-state index in [9.17, 15) is 0 Å². The van der Waals surface area contributed by atoms with Gasteiger partial charge in [-0.2, -0.15) is 5.10 Å². The highest BCUT2D eigenvalue weighted by atomic mass is 15.3. The van der Waals surface area contributed by atoms with E-state index in [-0.39, 0.29) is 0 Å². The van der Waals surface area contributed by atoms with Gasteiger partial charge in [-0.15, -0.1) is 6.58 Å². The molecule has 0 aromatic carbocycles. The summed E-state index contributed by atoms with van der Waals surface area (Å²) >= 11 is 0. The fourth-order valence-electron chi connectivity index (χ4n) is 1.26. The highest BCUT2D eigenvalue weighted by Crippen LogP contribution is 2.04. The smallest absolute Gasteiger partial charge is 0.0381 e. The number of allylic oxidation sites excluding steroid dienone is 3. The Morgan fingerprint density at radius 1 is 1.36 bits per heavy atom. The number of hydrogen-bond acceptors (Lipinski definition) is 2. The number of hydrogen-bond donors (Lipinski definition) is 1. The minimum Gasteiger partial charge on any atom is -0.313 e. The molecule has 0 saturated carbocycles. The van der Waals surface area contributed by atoms with Crippen molar-refractivity contribution in [3.8, 4) is 0 Å². The first kappa shape index (κ1) is 12.9. The molecule has 0 heterocycles. The van der Waals surface area contributed by atoms with Crippen LogP contribution in [-0.4, -0.2) is 12.8 Å². The molecular formula is C12H22N2. The molecule has 0 aliphatic rings. The van der Waals surface area contributed by atoms with Gasteiger partial charge < -0.3 is 5.43 Å². The van der Waals surface area contributed by atoms with Crippen molar-refractivity contribution in [2.45, 2.75) is 39.0 Å². The summed E-state index contributed by atoms with van der Waals surface area (Å²) in [5.74, 6) is 0. The summed E-state index contributed by atoms with van der Waals surface area (Å²) in [6.45, 7) is 5.76. The van der Waals surface area contributed by atoms with Crippen LogP contribution in [-0.2, 0) is 0 Å². The Morgan fingerprint density at radius 3 is 2.71 bits per heavy atom. The summed E-state index contributed by atoms with van der Waals surface area (Å²) in [6, 6.07) is 0. The third-order valence-electron chi connectivity index (χ3n) is 1.98. The Kier molecular flexibility index (Phi) is 9.28. The van der Waals surface area contributed by atoms with Gasteiger partial charge in [-0.05, 0) is 39.0 Å². The van der Waals surface area contributed by atoms with Crippen LogP contribution in [0.5, 0.6) is 0 Å². The van der Waals surface area contributed by atoms with E-state index in [1.165, 1.54) is 5.71 Å². The van der Waals surface area contributed by atoms with Crippen LogP contribution in [0.2, 0.25) is 0 Å². The first-order valence-electron chi connectivity index (χ1n) is 5.29. The number of unbranched alkanes of at least 4 members (excludes halogenated alkanes) is 1. The average Bonchev–Trinajstić information content (AvgIpc) is 2.18. The fraction of sp³-hybridized carbons (Fsp3) is 0.583. The molecule has 0 aromatic heterocycles. The highest BCUT2D eigenvalue weighted by Gasteiger charge is 1.97. The van der Waals surface area contributed by atoms with Gasteiger partial charge >= 0.3 is 0 Å². The van der Waals surface area contributed by atoms with Crippen LogP contribution in [0.1, 0.15) is 39.0 Å². The van der Waals surface area contributed by atoms with E-state index in [0.29, 0.717) is 0 Å². The Bertz CT molecular complexity index is 192. The van der Waals surface area contributed by atoms with Crippen molar-refractivity contribution in [3.05, 3.63) is 24.8 Å². The van der Waals surface area contributed by atoms with Crippen molar-refractivity contribution in [2.75, 3.05) is 7.05 Å². The third-order valence-corrected chi connectivity index (χ3v) is 1.98. The molecule has 0 amide bonds. The molecule has 0 aliphatic heterocycles. The van der Waals surface area contributed by atoms with Gasteiger partial charge in [-0.3, -0.25) is 0 Å². The van der Waals surface area contributed by atoms with Crippen LogP contribution in [0.15, 0.2) is 29.9 Å². The molecular weight excluding hydrogens is 172 g/mol. The van der Waals surface area contributed by atoms with E-state index < -0.39 is 0 Å². The van der Waals surface area contributed by atoms with Gasteiger partial charge in [0.25, 0.3) is 0 Å². The Hall–Kier alpha value is -1.05. The summed E-state index contributed by atoms with van der Waals surface area (Å²) in [4.78, 5) is 0. The second-order valence-electron chi connectivity index (χ2n) is 3.19. The molecule has 0 fully saturated rings.